The minimum absolute atomic E-state index is 0.0684. The predicted octanol–water partition coefficient (Wildman–Crippen LogP) is 1.70. The van der Waals surface area contributed by atoms with E-state index < -0.39 is 5.54 Å². The number of amides is 1. The third kappa shape index (κ3) is 3.69. The van der Waals surface area contributed by atoms with Crippen LogP contribution in [-0.2, 0) is 11.3 Å². The van der Waals surface area contributed by atoms with Crippen molar-refractivity contribution in [1.29, 1.82) is 0 Å². The lowest BCUT2D eigenvalue weighted by Crippen LogP contribution is -2.59. The van der Waals surface area contributed by atoms with Crippen LogP contribution < -0.4 is 10.6 Å². The molecule has 4 nitrogen and oxygen atoms in total. The zero-order valence-electron chi connectivity index (χ0n) is 11.3. The fraction of sp³-hybridized carbons (Fsp3) is 0.615. The van der Waals surface area contributed by atoms with Gasteiger partial charge in [0.2, 0.25) is 5.91 Å². The first-order valence-electron chi connectivity index (χ1n) is 6.48. The van der Waals surface area contributed by atoms with Gasteiger partial charge in [0, 0.05) is 31.1 Å². The van der Waals surface area contributed by atoms with E-state index in [1.165, 1.54) is 11.3 Å². The fourth-order valence-electron chi connectivity index (χ4n) is 2.20. The fourth-order valence-corrected chi connectivity index (χ4v) is 3.23. The second kappa shape index (κ2) is 6.22. The molecular weight excluding hydrogens is 282 g/mol. The first-order valence-corrected chi connectivity index (χ1v) is 7.68. The van der Waals surface area contributed by atoms with Gasteiger partial charge in [-0.1, -0.05) is 11.6 Å². The van der Waals surface area contributed by atoms with Gasteiger partial charge in [-0.3, -0.25) is 9.69 Å². The summed E-state index contributed by atoms with van der Waals surface area (Å²) in [5.74, 6) is 0.0684. The van der Waals surface area contributed by atoms with Crippen LogP contribution in [0.3, 0.4) is 0 Å². The quantitative estimate of drug-likeness (QED) is 0.890. The molecule has 1 aromatic rings. The maximum absolute atomic E-state index is 12.3. The molecule has 0 bridgehead atoms. The first kappa shape index (κ1) is 14.8. The molecule has 1 aromatic heterocycles. The van der Waals surface area contributed by atoms with Crippen LogP contribution in [0.25, 0.3) is 0 Å². The Hall–Kier alpha value is -0.620. The Bertz CT molecular complexity index is 441. The number of halogens is 1. The second-order valence-electron chi connectivity index (χ2n) is 5.18. The molecule has 0 saturated carbocycles. The molecule has 6 heteroatoms. The number of nitrogens with one attached hydrogen (secondary N) is 2. The van der Waals surface area contributed by atoms with Crippen molar-refractivity contribution in [3.05, 3.63) is 21.3 Å². The summed E-state index contributed by atoms with van der Waals surface area (Å²) >= 11 is 7.38. The van der Waals surface area contributed by atoms with Gasteiger partial charge in [0.15, 0.2) is 0 Å². The first-order chi connectivity index (χ1) is 9.00. The number of hydrogen-bond donors (Lipinski definition) is 2. The summed E-state index contributed by atoms with van der Waals surface area (Å²) in [5.41, 5.74) is -0.469. The summed E-state index contributed by atoms with van der Waals surface area (Å²) in [5, 5.41) is 6.30. The van der Waals surface area contributed by atoms with Gasteiger partial charge in [-0.2, -0.15) is 0 Å². The summed E-state index contributed by atoms with van der Waals surface area (Å²) in [7, 11) is 0. The Balaban J connectivity index is 1.90. The van der Waals surface area contributed by atoms with E-state index in [0.29, 0.717) is 6.54 Å². The zero-order chi connectivity index (χ0) is 13.9. The highest BCUT2D eigenvalue weighted by molar-refractivity contribution is 7.16. The lowest BCUT2D eigenvalue weighted by atomic mass is 10.0. The van der Waals surface area contributed by atoms with Gasteiger partial charge < -0.3 is 10.6 Å². The van der Waals surface area contributed by atoms with Crippen LogP contribution >= 0.6 is 22.9 Å². The van der Waals surface area contributed by atoms with Crippen molar-refractivity contribution in [2.24, 2.45) is 0 Å². The van der Waals surface area contributed by atoms with Gasteiger partial charge in [-0.05, 0) is 26.0 Å². The van der Waals surface area contributed by atoms with Crippen LogP contribution in [0, 0.1) is 0 Å². The van der Waals surface area contributed by atoms with E-state index in [1.54, 1.807) is 0 Å². The van der Waals surface area contributed by atoms with E-state index >= 15 is 0 Å². The molecule has 1 fully saturated rings. The van der Waals surface area contributed by atoms with Gasteiger partial charge >= 0.3 is 0 Å². The van der Waals surface area contributed by atoms with Crippen molar-refractivity contribution in [2.45, 2.75) is 25.9 Å². The number of carbonyl (C=O) groups is 1. The van der Waals surface area contributed by atoms with Gasteiger partial charge in [0.05, 0.1) is 16.4 Å². The van der Waals surface area contributed by atoms with Crippen molar-refractivity contribution >= 4 is 28.8 Å². The molecule has 19 heavy (non-hydrogen) atoms. The molecule has 106 valence electrons. The van der Waals surface area contributed by atoms with E-state index in [9.17, 15) is 4.79 Å². The lowest BCUT2D eigenvalue weighted by molar-refractivity contribution is -0.132. The summed E-state index contributed by atoms with van der Waals surface area (Å²) in [4.78, 5) is 15.6. The third-order valence-electron chi connectivity index (χ3n) is 3.52. The van der Waals surface area contributed by atoms with Crippen LogP contribution in [-0.4, -0.2) is 42.5 Å². The summed E-state index contributed by atoms with van der Waals surface area (Å²) in [6, 6.07) is 3.81. The average Bonchev–Trinajstić information content (AvgIpc) is 2.82. The number of nitrogens with zero attached hydrogens (tertiary/aromatic N) is 1. The topological polar surface area (TPSA) is 44.4 Å². The Labute approximate surface area is 123 Å². The average molecular weight is 302 g/mol. The van der Waals surface area contributed by atoms with Crippen molar-refractivity contribution < 1.29 is 4.79 Å². The molecule has 0 unspecified atom stereocenters. The molecule has 1 aliphatic rings. The van der Waals surface area contributed by atoms with E-state index in [1.807, 2.05) is 26.0 Å². The van der Waals surface area contributed by atoms with Gasteiger partial charge in [-0.25, -0.2) is 0 Å². The van der Waals surface area contributed by atoms with Gasteiger partial charge in [0.25, 0.3) is 0 Å². The Morgan fingerprint density at radius 2 is 2.16 bits per heavy atom. The molecule has 1 amide bonds. The Morgan fingerprint density at radius 1 is 1.47 bits per heavy atom. The highest BCUT2D eigenvalue weighted by atomic mass is 35.5. The lowest BCUT2D eigenvalue weighted by Gasteiger charge is -2.39. The zero-order valence-corrected chi connectivity index (χ0v) is 12.9. The molecule has 2 heterocycles. The molecule has 0 radical (unpaired) electrons. The van der Waals surface area contributed by atoms with Crippen LogP contribution in [0.4, 0.5) is 0 Å². The maximum atomic E-state index is 12.3. The van der Waals surface area contributed by atoms with Crippen molar-refractivity contribution in [1.82, 2.24) is 15.5 Å². The second-order valence-corrected chi connectivity index (χ2v) is 6.98. The molecule has 2 N–H and O–H groups in total. The summed E-state index contributed by atoms with van der Waals surface area (Å²) in [6.07, 6.45) is 0. The number of thiophene rings is 1. The van der Waals surface area contributed by atoms with Crippen LogP contribution in [0.15, 0.2) is 12.1 Å². The molecule has 2 rings (SSSR count). The van der Waals surface area contributed by atoms with Gasteiger partial charge in [-0.15, -0.1) is 11.3 Å². The van der Waals surface area contributed by atoms with Crippen LogP contribution in [0.2, 0.25) is 4.34 Å². The molecule has 1 aliphatic heterocycles. The van der Waals surface area contributed by atoms with Gasteiger partial charge in [0.1, 0.15) is 0 Å². The van der Waals surface area contributed by atoms with Crippen molar-refractivity contribution in [3.63, 3.8) is 0 Å². The number of rotatable bonds is 4. The molecular formula is C13H20ClN3OS. The van der Waals surface area contributed by atoms with Crippen LogP contribution in [0.1, 0.15) is 18.7 Å². The van der Waals surface area contributed by atoms with Crippen molar-refractivity contribution in [3.8, 4) is 0 Å². The largest absolute Gasteiger partial charge is 0.350 e. The molecule has 1 saturated heterocycles. The Kier molecular flexibility index (Phi) is 4.84. The molecule has 0 atom stereocenters. The monoisotopic (exact) mass is 301 g/mol. The highest BCUT2D eigenvalue weighted by Gasteiger charge is 2.34. The third-order valence-corrected chi connectivity index (χ3v) is 4.75. The van der Waals surface area contributed by atoms with Crippen LogP contribution in [0.5, 0.6) is 0 Å². The highest BCUT2D eigenvalue weighted by Crippen LogP contribution is 2.21. The van der Waals surface area contributed by atoms with E-state index in [0.717, 1.165) is 35.4 Å². The van der Waals surface area contributed by atoms with E-state index in [4.69, 9.17) is 11.6 Å². The van der Waals surface area contributed by atoms with E-state index in [2.05, 4.69) is 15.5 Å². The predicted molar refractivity (Wildman–Crippen MR) is 79.7 cm³/mol. The minimum atomic E-state index is -0.469. The SMILES string of the molecule is CC(C)(C(=O)NCc1ccc(Cl)s1)N1CCNCC1. The molecule has 0 aromatic carbocycles. The summed E-state index contributed by atoms with van der Waals surface area (Å²) < 4.78 is 0.755. The maximum Gasteiger partial charge on any atom is 0.240 e. The number of hydrogen-bond acceptors (Lipinski definition) is 4. The number of carbonyl (C=O) groups excluding carboxylic acids is 1. The van der Waals surface area contributed by atoms with E-state index in [-0.39, 0.29) is 5.91 Å². The number of piperazine rings is 1. The standard InChI is InChI=1S/C13H20ClN3OS/c1-13(2,17-7-5-15-6-8-17)12(18)16-9-10-3-4-11(14)19-10/h3-4,15H,5-9H2,1-2H3,(H,16,18). The molecule has 0 aliphatic carbocycles. The normalized spacial score (nSPS) is 17.4. The Morgan fingerprint density at radius 3 is 2.74 bits per heavy atom. The minimum Gasteiger partial charge on any atom is -0.350 e. The molecule has 0 spiro atoms. The summed E-state index contributed by atoms with van der Waals surface area (Å²) in [6.45, 7) is 8.21. The van der Waals surface area contributed by atoms with Crippen molar-refractivity contribution in [2.75, 3.05) is 26.2 Å². The smallest absolute Gasteiger partial charge is 0.240 e.